The summed E-state index contributed by atoms with van der Waals surface area (Å²) in [5.41, 5.74) is 7.09. The quantitative estimate of drug-likeness (QED) is 0.394. The lowest BCUT2D eigenvalue weighted by Crippen LogP contribution is -2.13. The molecule has 21 heavy (non-hydrogen) atoms. The van der Waals surface area contributed by atoms with Crippen molar-refractivity contribution >= 4 is 5.84 Å². The van der Waals surface area contributed by atoms with Crippen LogP contribution >= 0.6 is 0 Å². The lowest BCUT2D eigenvalue weighted by molar-refractivity contribution is 0.289. The number of nitrogens with two attached hydrogens (primary N) is 1. The number of nitrogens with zero attached hydrogens (tertiary/aromatic N) is 1. The number of ether oxygens (including phenoxy) is 1. The predicted molar refractivity (Wildman–Crippen MR) is 74.4 cm³/mol. The lowest BCUT2D eigenvalue weighted by Gasteiger charge is -2.10. The first-order chi connectivity index (χ1) is 10.0. The number of rotatable bonds is 4. The van der Waals surface area contributed by atoms with Gasteiger partial charge in [-0.3, -0.25) is 0 Å². The van der Waals surface area contributed by atoms with Gasteiger partial charge in [-0.2, -0.15) is 0 Å². The molecule has 0 saturated carbocycles. The number of aryl methyl sites for hydroxylation is 1. The molecule has 0 atom stereocenters. The zero-order valence-electron chi connectivity index (χ0n) is 11.3. The minimum atomic E-state index is -0.645. The predicted octanol–water partition coefficient (Wildman–Crippen LogP) is 2.95. The minimum absolute atomic E-state index is 0.00755. The van der Waals surface area contributed by atoms with Gasteiger partial charge in [0.15, 0.2) is 17.4 Å². The summed E-state index contributed by atoms with van der Waals surface area (Å²) in [7, 11) is 0. The molecule has 0 aliphatic carbocycles. The van der Waals surface area contributed by atoms with Crippen LogP contribution in [0.5, 0.6) is 5.75 Å². The first kappa shape index (κ1) is 14.8. The summed E-state index contributed by atoms with van der Waals surface area (Å²) in [6.45, 7) is 1.86. The van der Waals surface area contributed by atoms with Crippen molar-refractivity contribution in [2.45, 2.75) is 13.5 Å². The molecular weight excluding hydrogens is 278 g/mol. The van der Waals surface area contributed by atoms with Gasteiger partial charge in [0, 0.05) is 5.56 Å². The van der Waals surface area contributed by atoms with Crippen LogP contribution in [0.4, 0.5) is 8.78 Å². The normalized spacial score (nSPS) is 11.5. The highest BCUT2D eigenvalue weighted by Gasteiger charge is 2.09. The van der Waals surface area contributed by atoms with Crippen LogP contribution in [0.2, 0.25) is 0 Å². The van der Waals surface area contributed by atoms with E-state index in [1.54, 1.807) is 6.07 Å². The molecular formula is C15H14F2N2O2. The summed E-state index contributed by atoms with van der Waals surface area (Å²) in [6.07, 6.45) is 0. The average molecular weight is 292 g/mol. The minimum Gasteiger partial charge on any atom is -0.486 e. The van der Waals surface area contributed by atoms with Crippen molar-refractivity contribution in [3.05, 3.63) is 64.7 Å². The van der Waals surface area contributed by atoms with Crippen LogP contribution in [-0.2, 0) is 6.61 Å². The second-order valence-corrected chi connectivity index (χ2v) is 4.49. The fraction of sp³-hybridized carbons (Fsp3) is 0.133. The molecule has 2 aromatic carbocycles. The maximum Gasteiger partial charge on any atom is 0.170 e. The Morgan fingerprint density at radius 1 is 1.24 bits per heavy atom. The van der Waals surface area contributed by atoms with Gasteiger partial charge in [0.1, 0.15) is 12.4 Å². The van der Waals surface area contributed by atoms with Crippen LogP contribution in [0.1, 0.15) is 16.7 Å². The molecule has 0 aliphatic rings. The Morgan fingerprint density at radius 3 is 2.67 bits per heavy atom. The van der Waals surface area contributed by atoms with E-state index in [4.69, 9.17) is 15.7 Å². The Balaban J connectivity index is 2.15. The summed E-state index contributed by atoms with van der Waals surface area (Å²) in [6, 6.07) is 8.27. The molecule has 0 aliphatic heterocycles. The van der Waals surface area contributed by atoms with E-state index in [9.17, 15) is 8.78 Å². The van der Waals surface area contributed by atoms with Crippen molar-refractivity contribution in [1.29, 1.82) is 0 Å². The number of halogens is 2. The van der Waals surface area contributed by atoms with Gasteiger partial charge in [-0.05, 0) is 48.4 Å². The second-order valence-electron chi connectivity index (χ2n) is 4.49. The Bertz CT molecular complexity index is 687. The molecule has 6 heteroatoms. The molecule has 0 aromatic heterocycles. The molecule has 0 unspecified atom stereocenters. The number of hydrogen-bond donors (Lipinski definition) is 2. The number of amidine groups is 1. The van der Waals surface area contributed by atoms with E-state index < -0.39 is 5.82 Å². The van der Waals surface area contributed by atoms with E-state index >= 15 is 0 Å². The SMILES string of the molecule is Cc1ccc(F)cc1COc1ccc(/C(N)=N/O)cc1F. The molecule has 2 aromatic rings. The van der Waals surface area contributed by atoms with E-state index in [0.29, 0.717) is 5.56 Å². The third-order valence-electron chi connectivity index (χ3n) is 3.03. The zero-order chi connectivity index (χ0) is 15.4. The Kier molecular flexibility index (Phi) is 4.37. The van der Waals surface area contributed by atoms with Crippen LogP contribution in [0.3, 0.4) is 0 Å². The molecule has 0 fully saturated rings. The second kappa shape index (κ2) is 6.21. The van der Waals surface area contributed by atoms with Gasteiger partial charge in [0.25, 0.3) is 0 Å². The monoisotopic (exact) mass is 292 g/mol. The maximum absolute atomic E-state index is 13.8. The molecule has 2 rings (SSSR count). The summed E-state index contributed by atoms with van der Waals surface area (Å²) in [5, 5.41) is 11.3. The van der Waals surface area contributed by atoms with Gasteiger partial charge in [0.2, 0.25) is 0 Å². The third kappa shape index (κ3) is 3.47. The molecule has 3 N–H and O–H groups in total. The van der Waals surface area contributed by atoms with E-state index in [2.05, 4.69) is 5.16 Å². The first-order valence-corrected chi connectivity index (χ1v) is 6.16. The Labute approximate surface area is 120 Å². The Hall–Kier alpha value is -2.63. The van der Waals surface area contributed by atoms with Crippen molar-refractivity contribution in [3.63, 3.8) is 0 Å². The average Bonchev–Trinajstić information content (AvgIpc) is 2.48. The number of benzene rings is 2. The van der Waals surface area contributed by atoms with Crippen LogP contribution in [-0.4, -0.2) is 11.0 Å². The highest BCUT2D eigenvalue weighted by molar-refractivity contribution is 5.97. The standard InChI is InChI=1S/C15H14F2N2O2/c1-9-2-4-12(16)6-11(9)8-21-14-5-3-10(7-13(14)17)15(18)19-20/h2-7,20H,8H2,1H3,(H2,18,19). The van der Waals surface area contributed by atoms with E-state index in [1.165, 1.54) is 24.3 Å². The first-order valence-electron chi connectivity index (χ1n) is 6.16. The van der Waals surface area contributed by atoms with Crippen molar-refractivity contribution < 1.29 is 18.7 Å². The highest BCUT2D eigenvalue weighted by atomic mass is 19.1. The molecule has 0 saturated heterocycles. The summed E-state index contributed by atoms with van der Waals surface area (Å²) in [4.78, 5) is 0. The van der Waals surface area contributed by atoms with Crippen LogP contribution in [0.15, 0.2) is 41.6 Å². The highest BCUT2D eigenvalue weighted by Crippen LogP contribution is 2.20. The van der Waals surface area contributed by atoms with E-state index in [0.717, 1.165) is 11.6 Å². The van der Waals surface area contributed by atoms with Crippen molar-refractivity contribution in [1.82, 2.24) is 0 Å². The smallest absolute Gasteiger partial charge is 0.170 e. The van der Waals surface area contributed by atoms with E-state index in [-0.39, 0.29) is 29.6 Å². The topological polar surface area (TPSA) is 67.8 Å². The van der Waals surface area contributed by atoms with Crippen LogP contribution in [0, 0.1) is 18.6 Å². The molecule has 0 heterocycles. The molecule has 4 nitrogen and oxygen atoms in total. The van der Waals surface area contributed by atoms with Gasteiger partial charge in [0.05, 0.1) is 0 Å². The maximum atomic E-state index is 13.8. The molecule has 0 amide bonds. The van der Waals surface area contributed by atoms with Gasteiger partial charge in [-0.25, -0.2) is 8.78 Å². The number of oxime groups is 1. The van der Waals surface area contributed by atoms with Crippen LogP contribution in [0.25, 0.3) is 0 Å². The van der Waals surface area contributed by atoms with Gasteiger partial charge < -0.3 is 15.7 Å². The molecule has 0 spiro atoms. The molecule has 0 radical (unpaired) electrons. The van der Waals surface area contributed by atoms with Crippen molar-refractivity contribution in [2.24, 2.45) is 10.9 Å². The molecule has 110 valence electrons. The summed E-state index contributed by atoms with van der Waals surface area (Å²) < 4.78 is 32.3. The number of hydrogen-bond acceptors (Lipinski definition) is 3. The van der Waals surface area contributed by atoms with Gasteiger partial charge >= 0.3 is 0 Å². The zero-order valence-corrected chi connectivity index (χ0v) is 11.3. The van der Waals surface area contributed by atoms with Gasteiger partial charge in [-0.1, -0.05) is 11.2 Å². The Morgan fingerprint density at radius 2 is 2.00 bits per heavy atom. The third-order valence-corrected chi connectivity index (χ3v) is 3.03. The fourth-order valence-corrected chi connectivity index (χ4v) is 1.79. The summed E-state index contributed by atoms with van der Waals surface area (Å²) in [5.74, 6) is -1.20. The lowest BCUT2D eigenvalue weighted by atomic mass is 10.1. The fourth-order valence-electron chi connectivity index (χ4n) is 1.79. The van der Waals surface area contributed by atoms with Crippen molar-refractivity contribution in [2.75, 3.05) is 0 Å². The van der Waals surface area contributed by atoms with Gasteiger partial charge in [-0.15, -0.1) is 0 Å². The summed E-state index contributed by atoms with van der Waals surface area (Å²) >= 11 is 0. The molecule has 0 bridgehead atoms. The van der Waals surface area contributed by atoms with Crippen LogP contribution < -0.4 is 10.5 Å². The van der Waals surface area contributed by atoms with E-state index in [1.807, 2.05) is 6.92 Å². The van der Waals surface area contributed by atoms with Crippen molar-refractivity contribution in [3.8, 4) is 5.75 Å². The largest absolute Gasteiger partial charge is 0.486 e.